The topological polar surface area (TPSA) is 26.3 Å². The first-order valence-corrected chi connectivity index (χ1v) is 4.73. The molecule has 0 spiro atoms. The summed E-state index contributed by atoms with van der Waals surface area (Å²) in [5, 5.41) is 1.94. The van der Waals surface area contributed by atoms with Gasteiger partial charge >= 0.3 is 5.97 Å². The highest BCUT2D eigenvalue weighted by atomic mass is 32.1. The molecule has 0 amide bonds. The molecule has 0 unspecified atom stereocenters. The van der Waals surface area contributed by atoms with E-state index in [9.17, 15) is 4.79 Å². The second-order valence-corrected chi connectivity index (χ2v) is 3.85. The molecule has 0 saturated heterocycles. The zero-order valence-corrected chi connectivity index (χ0v) is 8.27. The van der Waals surface area contributed by atoms with Crippen LogP contribution in [0.3, 0.4) is 0 Å². The minimum atomic E-state index is -0.219. The fourth-order valence-corrected chi connectivity index (χ4v) is 1.59. The Balaban J connectivity index is 2.65. The van der Waals surface area contributed by atoms with Crippen molar-refractivity contribution in [3.05, 3.63) is 21.9 Å². The van der Waals surface area contributed by atoms with Gasteiger partial charge in [0.1, 0.15) is 4.88 Å². The quantitative estimate of drug-likeness (QED) is 0.660. The third kappa shape index (κ3) is 2.34. The highest BCUT2D eigenvalue weighted by molar-refractivity contribution is 7.12. The van der Waals surface area contributed by atoms with Crippen LogP contribution in [0, 0.1) is 6.92 Å². The largest absolute Gasteiger partial charge is 0.459 e. The molecular formula is C9H12O2S. The molecular weight excluding hydrogens is 172 g/mol. The van der Waals surface area contributed by atoms with Gasteiger partial charge in [0, 0.05) is 0 Å². The minimum Gasteiger partial charge on any atom is -0.459 e. The second-order valence-electron chi connectivity index (χ2n) is 2.94. The van der Waals surface area contributed by atoms with Crippen LogP contribution in [-0.2, 0) is 4.74 Å². The number of carbonyl (C=O) groups excluding carboxylic acids is 1. The number of rotatable bonds is 2. The van der Waals surface area contributed by atoms with Gasteiger partial charge in [-0.3, -0.25) is 0 Å². The van der Waals surface area contributed by atoms with E-state index >= 15 is 0 Å². The van der Waals surface area contributed by atoms with Crippen molar-refractivity contribution in [2.45, 2.75) is 26.9 Å². The maximum Gasteiger partial charge on any atom is 0.348 e. The van der Waals surface area contributed by atoms with Crippen molar-refractivity contribution in [2.24, 2.45) is 0 Å². The van der Waals surface area contributed by atoms with Gasteiger partial charge < -0.3 is 4.74 Å². The maximum atomic E-state index is 11.3. The van der Waals surface area contributed by atoms with Crippen LogP contribution in [0.1, 0.15) is 29.1 Å². The summed E-state index contributed by atoms with van der Waals surface area (Å²) in [5.41, 5.74) is 1.11. The summed E-state index contributed by atoms with van der Waals surface area (Å²) in [4.78, 5) is 11.9. The highest BCUT2D eigenvalue weighted by Crippen LogP contribution is 2.15. The first-order valence-electron chi connectivity index (χ1n) is 3.85. The van der Waals surface area contributed by atoms with E-state index in [0.29, 0.717) is 4.88 Å². The molecule has 0 N–H and O–H groups in total. The van der Waals surface area contributed by atoms with E-state index in [4.69, 9.17) is 4.74 Å². The summed E-state index contributed by atoms with van der Waals surface area (Å²) < 4.78 is 5.02. The van der Waals surface area contributed by atoms with Crippen molar-refractivity contribution in [2.75, 3.05) is 0 Å². The Kier molecular flexibility index (Phi) is 2.87. The first kappa shape index (κ1) is 9.26. The van der Waals surface area contributed by atoms with Crippen LogP contribution in [0.5, 0.6) is 0 Å². The Hall–Kier alpha value is -0.830. The average Bonchev–Trinajstić information content (AvgIpc) is 2.34. The van der Waals surface area contributed by atoms with Gasteiger partial charge in [-0.2, -0.15) is 0 Å². The zero-order valence-electron chi connectivity index (χ0n) is 7.46. The van der Waals surface area contributed by atoms with E-state index in [-0.39, 0.29) is 12.1 Å². The molecule has 0 aliphatic carbocycles. The van der Waals surface area contributed by atoms with Gasteiger partial charge in [-0.1, -0.05) is 0 Å². The standard InChI is InChI=1S/C9H12O2S/c1-6(2)11-9(10)8-4-7(3)5-12-8/h4-6H,1-3H3. The Bertz CT molecular complexity index is 276. The predicted octanol–water partition coefficient (Wildman–Crippen LogP) is 2.62. The smallest absolute Gasteiger partial charge is 0.348 e. The molecule has 0 saturated carbocycles. The molecule has 1 aromatic rings. The van der Waals surface area contributed by atoms with Crippen LogP contribution in [0.4, 0.5) is 0 Å². The van der Waals surface area contributed by atoms with E-state index < -0.39 is 0 Å². The van der Waals surface area contributed by atoms with Crippen LogP contribution in [0.15, 0.2) is 11.4 Å². The molecule has 2 nitrogen and oxygen atoms in total. The fraction of sp³-hybridized carbons (Fsp3) is 0.444. The molecule has 0 aliphatic heterocycles. The molecule has 0 fully saturated rings. The minimum absolute atomic E-state index is 0.0418. The van der Waals surface area contributed by atoms with Crippen LogP contribution in [0.2, 0.25) is 0 Å². The monoisotopic (exact) mass is 184 g/mol. The van der Waals surface area contributed by atoms with Crippen molar-refractivity contribution < 1.29 is 9.53 Å². The van der Waals surface area contributed by atoms with E-state index in [1.165, 1.54) is 11.3 Å². The Morgan fingerprint density at radius 3 is 2.67 bits per heavy atom. The van der Waals surface area contributed by atoms with Crippen LogP contribution >= 0.6 is 11.3 Å². The SMILES string of the molecule is Cc1csc(C(=O)OC(C)C)c1. The van der Waals surface area contributed by atoms with Gasteiger partial charge in [-0.15, -0.1) is 11.3 Å². The highest BCUT2D eigenvalue weighted by Gasteiger charge is 2.10. The van der Waals surface area contributed by atoms with Gasteiger partial charge in [0.25, 0.3) is 0 Å². The number of ether oxygens (including phenoxy) is 1. The molecule has 66 valence electrons. The summed E-state index contributed by atoms with van der Waals surface area (Å²) in [7, 11) is 0. The predicted molar refractivity (Wildman–Crippen MR) is 49.6 cm³/mol. The molecule has 1 heterocycles. The molecule has 1 rings (SSSR count). The van der Waals surface area contributed by atoms with Crippen molar-refractivity contribution >= 4 is 17.3 Å². The third-order valence-corrected chi connectivity index (χ3v) is 2.30. The summed E-state index contributed by atoms with van der Waals surface area (Å²) in [6, 6.07) is 1.84. The molecule has 1 aromatic heterocycles. The number of carbonyl (C=O) groups is 1. The van der Waals surface area contributed by atoms with Gasteiger partial charge in [0.15, 0.2) is 0 Å². The van der Waals surface area contributed by atoms with Crippen LogP contribution in [0.25, 0.3) is 0 Å². The molecule has 0 aromatic carbocycles. The normalized spacial score (nSPS) is 10.3. The maximum absolute atomic E-state index is 11.3. The summed E-state index contributed by atoms with van der Waals surface area (Å²) in [6.07, 6.45) is -0.0418. The summed E-state index contributed by atoms with van der Waals surface area (Å²) in [6.45, 7) is 5.65. The number of aryl methyl sites for hydroxylation is 1. The first-order chi connectivity index (χ1) is 5.59. The molecule has 0 aliphatic rings. The van der Waals surface area contributed by atoms with Crippen molar-refractivity contribution in [3.63, 3.8) is 0 Å². The lowest BCUT2D eigenvalue weighted by molar-refractivity contribution is 0.0384. The van der Waals surface area contributed by atoms with Gasteiger partial charge in [-0.05, 0) is 37.8 Å². The molecule has 3 heteroatoms. The van der Waals surface area contributed by atoms with E-state index in [0.717, 1.165) is 5.56 Å². The number of esters is 1. The Labute approximate surface area is 76.2 Å². The van der Waals surface area contributed by atoms with Gasteiger partial charge in [0.05, 0.1) is 6.10 Å². The molecule has 0 radical (unpaired) electrons. The molecule has 12 heavy (non-hydrogen) atoms. The van der Waals surface area contributed by atoms with E-state index in [1.54, 1.807) is 0 Å². The average molecular weight is 184 g/mol. The summed E-state index contributed by atoms with van der Waals surface area (Å²) in [5.74, 6) is -0.219. The second kappa shape index (κ2) is 3.72. The number of hydrogen-bond donors (Lipinski definition) is 0. The fourth-order valence-electron chi connectivity index (χ4n) is 0.810. The number of thiophene rings is 1. The Morgan fingerprint density at radius 1 is 1.58 bits per heavy atom. The van der Waals surface area contributed by atoms with Crippen molar-refractivity contribution in [1.82, 2.24) is 0 Å². The number of hydrogen-bond acceptors (Lipinski definition) is 3. The Morgan fingerprint density at radius 2 is 2.25 bits per heavy atom. The molecule has 0 bridgehead atoms. The lowest BCUT2D eigenvalue weighted by Crippen LogP contribution is -2.09. The third-order valence-electron chi connectivity index (χ3n) is 1.27. The lowest BCUT2D eigenvalue weighted by atomic mass is 10.3. The molecule has 0 atom stereocenters. The van der Waals surface area contributed by atoms with Crippen molar-refractivity contribution in [3.8, 4) is 0 Å². The van der Waals surface area contributed by atoms with Gasteiger partial charge in [0.2, 0.25) is 0 Å². The van der Waals surface area contributed by atoms with Gasteiger partial charge in [-0.25, -0.2) is 4.79 Å². The van der Waals surface area contributed by atoms with Crippen LogP contribution in [-0.4, -0.2) is 12.1 Å². The van der Waals surface area contributed by atoms with E-state index in [2.05, 4.69) is 0 Å². The zero-order chi connectivity index (χ0) is 9.14. The van der Waals surface area contributed by atoms with E-state index in [1.807, 2.05) is 32.2 Å². The summed E-state index contributed by atoms with van der Waals surface area (Å²) >= 11 is 1.43. The van der Waals surface area contributed by atoms with Crippen LogP contribution < -0.4 is 0 Å². The van der Waals surface area contributed by atoms with Crippen molar-refractivity contribution in [1.29, 1.82) is 0 Å². The lowest BCUT2D eigenvalue weighted by Gasteiger charge is -2.05.